The molecule has 0 spiro atoms. The van der Waals surface area contributed by atoms with Crippen molar-refractivity contribution in [3.63, 3.8) is 0 Å². The number of hydrogen-bond acceptors (Lipinski definition) is 3. The van der Waals surface area contributed by atoms with Gasteiger partial charge in [-0.1, -0.05) is 11.6 Å². The van der Waals surface area contributed by atoms with Gasteiger partial charge in [-0.3, -0.25) is 14.9 Å². The first-order chi connectivity index (χ1) is 8.52. The quantitative estimate of drug-likeness (QED) is 0.672. The van der Waals surface area contributed by atoms with E-state index in [0.29, 0.717) is 21.9 Å². The van der Waals surface area contributed by atoms with Crippen LogP contribution < -0.4 is 5.32 Å². The second-order valence-electron chi connectivity index (χ2n) is 4.01. The molecule has 0 aliphatic carbocycles. The van der Waals surface area contributed by atoms with E-state index in [9.17, 15) is 14.0 Å². The first-order valence-corrected chi connectivity index (χ1v) is 7.00. The van der Waals surface area contributed by atoms with Crippen LogP contribution in [0.5, 0.6) is 0 Å². The van der Waals surface area contributed by atoms with E-state index in [1.54, 1.807) is 6.26 Å². The summed E-state index contributed by atoms with van der Waals surface area (Å²) < 4.78 is 13.7. The molecule has 0 bridgehead atoms. The number of halogens is 2. The molecule has 1 fully saturated rings. The summed E-state index contributed by atoms with van der Waals surface area (Å²) >= 11 is 7.32. The molecule has 6 heteroatoms. The van der Waals surface area contributed by atoms with Crippen LogP contribution in [0.1, 0.15) is 24.3 Å². The van der Waals surface area contributed by atoms with Gasteiger partial charge in [-0.15, -0.1) is 11.8 Å². The van der Waals surface area contributed by atoms with E-state index in [1.807, 2.05) is 0 Å². The number of amides is 2. The summed E-state index contributed by atoms with van der Waals surface area (Å²) in [5.41, 5.74) is 0.442. The van der Waals surface area contributed by atoms with Crippen molar-refractivity contribution in [1.29, 1.82) is 0 Å². The maximum absolute atomic E-state index is 13.7. The number of carbonyl (C=O) groups excluding carboxylic acids is 2. The van der Waals surface area contributed by atoms with Crippen LogP contribution in [0.25, 0.3) is 0 Å². The monoisotopic (exact) mass is 287 g/mol. The highest BCUT2D eigenvalue weighted by molar-refractivity contribution is 7.98. The third-order valence-corrected chi connectivity index (χ3v) is 3.97. The van der Waals surface area contributed by atoms with Crippen LogP contribution in [-0.2, 0) is 9.59 Å². The van der Waals surface area contributed by atoms with Gasteiger partial charge in [-0.25, -0.2) is 4.39 Å². The number of imide groups is 1. The van der Waals surface area contributed by atoms with E-state index >= 15 is 0 Å². The van der Waals surface area contributed by atoms with Gasteiger partial charge in [-0.2, -0.15) is 0 Å². The molecule has 96 valence electrons. The largest absolute Gasteiger partial charge is 0.296 e. The van der Waals surface area contributed by atoms with Crippen molar-refractivity contribution in [1.82, 2.24) is 5.32 Å². The van der Waals surface area contributed by atoms with Crippen molar-refractivity contribution < 1.29 is 14.0 Å². The highest BCUT2D eigenvalue weighted by atomic mass is 35.5. The first-order valence-electron chi connectivity index (χ1n) is 5.39. The first kappa shape index (κ1) is 13.4. The lowest BCUT2D eigenvalue weighted by Gasteiger charge is -2.22. The van der Waals surface area contributed by atoms with Crippen molar-refractivity contribution in [3.05, 3.63) is 28.5 Å². The van der Waals surface area contributed by atoms with Crippen molar-refractivity contribution in [2.24, 2.45) is 0 Å². The van der Waals surface area contributed by atoms with Gasteiger partial charge in [0, 0.05) is 16.3 Å². The summed E-state index contributed by atoms with van der Waals surface area (Å²) in [6.07, 6.45) is 2.36. The molecule has 1 heterocycles. The van der Waals surface area contributed by atoms with E-state index in [2.05, 4.69) is 5.32 Å². The molecule has 0 saturated carbocycles. The van der Waals surface area contributed by atoms with E-state index in [-0.39, 0.29) is 12.3 Å². The molecule has 1 aliphatic rings. The third kappa shape index (κ3) is 2.52. The van der Waals surface area contributed by atoms with Crippen LogP contribution in [0.2, 0.25) is 5.02 Å². The van der Waals surface area contributed by atoms with Gasteiger partial charge < -0.3 is 0 Å². The predicted molar refractivity (Wildman–Crippen MR) is 68.3 cm³/mol. The molecule has 2 amide bonds. The second-order valence-corrected chi connectivity index (χ2v) is 5.27. The van der Waals surface area contributed by atoms with Gasteiger partial charge in [0.05, 0.1) is 5.92 Å². The predicted octanol–water partition coefficient (Wildman–Crippen LogP) is 2.72. The maximum atomic E-state index is 13.7. The minimum absolute atomic E-state index is 0.249. The smallest absolute Gasteiger partial charge is 0.234 e. The molecule has 0 aromatic heterocycles. The molecule has 0 radical (unpaired) electrons. The SMILES string of the molecule is CSc1cc(Cl)c(C2CCC(=O)NC2=O)cc1F. The Hall–Kier alpha value is -1.07. The lowest BCUT2D eigenvalue weighted by atomic mass is 9.90. The Morgan fingerprint density at radius 3 is 2.78 bits per heavy atom. The fourth-order valence-corrected chi connectivity index (χ4v) is 2.81. The zero-order chi connectivity index (χ0) is 13.3. The molecule has 2 rings (SSSR count). The van der Waals surface area contributed by atoms with Crippen molar-refractivity contribution >= 4 is 35.2 Å². The number of hydrogen-bond donors (Lipinski definition) is 1. The summed E-state index contributed by atoms with van der Waals surface area (Å²) in [7, 11) is 0. The lowest BCUT2D eigenvalue weighted by molar-refractivity contribution is -0.134. The summed E-state index contributed by atoms with van der Waals surface area (Å²) in [5.74, 6) is -1.66. The molecule has 1 atom stereocenters. The van der Waals surface area contributed by atoms with Crippen LogP contribution in [-0.4, -0.2) is 18.1 Å². The summed E-state index contributed by atoms with van der Waals surface area (Å²) in [6, 6.07) is 2.80. The Morgan fingerprint density at radius 1 is 1.44 bits per heavy atom. The summed E-state index contributed by atoms with van der Waals surface area (Å²) in [4.78, 5) is 23.2. The van der Waals surface area contributed by atoms with Crippen molar-refractivity contribution in [2.45, 2.75) is 23.7 Å². The van der Waals surface area contributed by atoms with Gasteiger partial charge in [0.2, 0.25) is 11.8 Å². The maximum Gasteiger partial charge on any atom is 0.234 e. The molecule has 1 aromatic rings. The van der Waals surface area contributed by atoms with Gasteiger partial charge in [0.1, 0.15) is 5.82 Å². The second kappa shape index (κ2) is 5.28. The minimum Gasteiger partial charge on any atom is -0.296 e. The van der Waals surface area contributed by atoms with E-state index in [1.165, 1.54) is 23.9 Å². The molecule has 1 saturated heterocycles. The van der Waals surface area contributed by atoms with Crippen LogP contribution in [0, 0.1) is 5.82 Å². The Bertz CT molecular complexity index is 521. The topological polar surface area (TPSA) is 46.2 Å². The number of thioether (sulfide) groups is 1. The van der Waals surface area contributed by atoms with Crippen LogP contribution in [0.4, 0.5) is 4.39 Å². The summed E-state index contributed by atoms with van der Waals surface area (Å²) in [5, 5.41) is 2.60. The zero-order valence-electron chi connectivity index (χ0n) is 9.63. The van der Waals surface area contributed by atoms with Crippen LogP contribution in [0.3, 0.4) is 0 Å². The van der Waals surface area contributed by atoms with E-state index in [4.69, 9.17) is 11.6 Å². The average Bonchev–Trinajstić information content (AvgIpc) is 2.32. The molecule has 1 aliphatic heterocycles. The number of benzene rings is 1. The Kier molecular flexibility index (Phi) is 3.92. The van der Waals surface area contributed by atoms with Crippen LogP contribution >= 0.6 is 23.4 Å². The molecular weight excluding hydrogens is 277 g/mol. The zero-order valence-corrected chi connectivity index (χ0v) is 11.2. The lowest BCUT2D eigenvalue weighted by Crippen LogP contribution is -2.39. The molecule has 1 N–H and O–H groups in total. The van der Waals surface area contributed by atoms with Gasteiger partial charge >= 0.3 is 0 Å². The standard InChI is InChI=1S/C12H11ClFNO2S/c1-18-10-5-8(13)7(4-9(10)14)6-2-3-11(16)15-12(6)17/h4-6H,2-3H2,1H3,(H,15,16,17). The van der Waals surface area contributed by atoms with Gasteiger partial charge in [-0.05, 0) is 30.4 Å². The van der Waals surface area contributed by atoms with Crippen molar-refractivity contribution in [2.75, 3.05) is 6.26 Å². The highest BCUT2D eigenvalue weighted by Gasteiger charge is 2.30. The fourth-order valence-electron chi connectivity index (χ4n) is 1.96. The molecular formula is C12H11ClFNO2S. The molecule has 1 aromatic carbocycles. The Morgan fingerprint density at radius 2 is 2.17 bits per heavy atom. The fraction of sp³-hybridized carbons (Fsp3) is 0.333. The third-order valence-electron chi connectivity index (χ3n) is 2.89. The Labute approximate surface area is 113 Å². The average molecular weight is 288 g/mol. The van der Waals surface area contributed by atoms with Gasteiger partial charge in [0.15, 0.2) is 0 Å². The van der Waals surface area contributed by atoms with E-state index in [0.717, 1.165) is 0 Å². The van der Waals surface area contributed by atoms with Crippen LogP contribution in [0.15, 0.2) is 17.0 Å². The molecule has 1 unspecified atom stereocenters. The number of nitrogens with one attached hydrogen (secondary N) is 1. The summed E-state index contributed by atoms with van der Waals surface area (Å²) in [6.45, 7) is 0. The highest BCUT2D eigenvalue weighted by Crippen LogP contribution is 2.34. The normalized spacial score (nSPS) is 19.8. The number of piperidine rings is 1. The molecule has 3 nitrogen and oxygen atoms in total. The molecule has 18 heavy (non-hydrogen) atoms. The number of rotatable bonds is 2. The van der Waals surface area contributed by atoms with E-state index < -0.39 is 17.6 Å². The van der Waals surface area contributed by atoms with Gasteiger partial charge in [0.25, 0.3) is 0 Å². The Balaban J connectivity index is 2.36. The minimum atomic E-state index is -0.555. The van der Waals surface area contributed by atoms with Crippen molar-refractivity contribution in [3.8, 4) is 0 Å². The number of carbonyl (C=O) groups is 2.